The molecule has 0 atom stereocenters. The van der Waals surface area contributed by atoms with E-state index in [0.717, 1.165) is 44.3 Å². The standard InChI is InChI=1S/C36H45O3P/c1-8-9-13-18-38-35-24-32(16-17-36(35)40-37)39-31(23-34-29(6)21-26(3)22-30(34)7)14-11-10-12-15-33-27(4)19-25(2)20-28(33)5/h12,15-17,19-24H,8-11,13-14,18H2,1-7H3. The lowest BCUT2D eigenvalue weighted by atomic mass is 9.98. The van der Waals surface area contributed by atoms with E-state index in [1.54, 1.807) is 0 Å². The number of allylic oxidation sites excluding steroid dienone is 2. The van der Waals surface area contributed by atoms with Crippen LogP contribution in [-0.2, 0) is 4.57 Å². The summed E-state index contributed by atoms with van der Waals surface area (Å²) in [6, 6.07) is 14.5. The Balaban J connectivity index is 1.81. The van der Waals surface area contributed by atoms with Crippen molar-refractivity contribution < 1.29 is 14.0 Å². The maximum Gasteiger partial charge on any atom is 0.196 e. The molecule has 0 bridgehead atoms. The third kappa shape index (κ3) is 9.20. The van der Waals surface area contributed by atoms with Gasteiger partial charge in [-0.25, -0.2) is 0 Å². The number of aryl methyl sites for hydroxylation is 6. The van der Waals surface area contributed by atoms with Crippen LogP contribution in [0.1, 0.15) is 90.0 Å². The lowest BCUT2D eigenvalue weighted by Gasteiger charge is -2.15. The highest BCUT2D eigenvalue weighted by Gasteiger charge is 2.11. The highest BCUT2D eigenvalue weighted by atomic mass is 31.1. The second-order valence-corrected chi connectivity index (χ2v) is 11.6. The van der Waals surface area contributed by atoms with Gasteiger partial charge in [-0.05, 0) is 112 Å². The Morgan fingerprint density at radius 2 is 1.43 bits per heavy atom. The van der Waals surface area contributed by atoms with Crippen molar-refractivity contribution in [3.05, 3.63) is 98.8 Å². The van der Waals surface area contributed by atoms with Gasteiger partial charge in [0.15, 0.2) is 8.46 Å². The highest BCUT2D eigenvalue weighted by molar-refractivity contribution is 7.34. The zero-order valence-electron chi connectivity index (χ0n) is 25.4. The minimum absolute atomic E-state index is 0.0496. The molecule has 0 saturated carbocycles. The van der Waals surface area contributed by atoms with Crippen molar-refractivity contribution in [2.24, 2.45) is 0 Å². The number of hydrogen-bond donors (Lipinski definition) is 0. The van der Waals surface area contributed by atoms with E-state index in [4.69, 9.17) is 9.47 Å². The Hall–Kier alpha value is -3.16. The lowest BCUT2D eigenvalue weighted by molar-refractivity contribution is 0.306. The van der Waals surface area contributed by atoms with Crippen molar-refractivity contribution in [3.63, 3.8) is 0 Å². The zero-order valence-corrected chi connectivity index (χ0v) is 26.3. The summed E-state index contributed by atoms with van der Waals surface area (Å²) in [5.74, 6) is 2.24. The van der Waals surface area contributed by atoms with Gasteiger partial charge in [0.05, 0.1) is 11.9 Å². The zero-order chi connectivity index (χ0) is 29.1. The van der Waals surface area contributed by atoms with Crippen LogP contribution in [0, 0.1) is 41.5 Å². The number of unbranched alkanes of at least 4 members (excludes halogenated alkanes) is 3. The van der Waals surface area contributed by atoms with Gasteiger partial charge in [0, 0.05) is 12.5 Å². The fourth-order valence-corrected chi connectivity index (χ4v) is 5.57. The van der Waals surface area contributed by atoms with Crippen LogP contribution in [-0.4, -0.2) is 6.61 Å². The molecule has 0 radical (unpaired) electrons. The summed E-state index contributed by atoms with van der Waals surface area (Å²) in [4.78, 5) is 0. The molecule has 0 aliphatic heterocycles. The maximum absolute atomic E-state index is 11.7. The van der Waals surface area contributed by atoms with E-state index < -0.39 is 0 Å². The summed E-state index contributed by atoms with van der Waals surface area (Å²) in [7, 11) is -0.0496. The average Bonchev–Trinajstić information content (AvgIpc) is 2.89. The van der Waals surface area contributed by atoms with E-state index in [9.17, 15) is 4.57 Å². The van der Waals surface area contributed by atoms with E-state index in [0.29, 0.717) is 23.4 Å². The minimum Gasteiger partial charge on any atom is -0.492 e. The van der Waals surface area contributed by atoms with Crippen LogP contribution < -0.4 is 14.8 Å². The normalized spacial score (nSPS) is 11.9. The lowest BCUT2D eigenvalue weighted by Crippen LogP contribution is -2.06. The molecule has 0 heterocycles. The molecule has 3 aromatic rings. The molecule has 0 spiro atoms. The van der Waals surface area contributed by atoms with Crippen molar-refractivity contribution in [1.82, 2.24) is 0 Å². The molecule has 0 unspecified atom stereocenters. The van der Waals surface area contributed by atoms with Crippen LogP contribution in [0.5, 0.6) is 11.5 Å². The molecule has 0 aliphatic rings. The topological polar surface area (TPSA) is 35.5 Å². The molecule has 0 aromatic heterocycles. The van der Waals surface area contributed by atoms with Crippen molar-refractivity contribution in [1.29, 1.82) is 0 Å². The number of rotatable bonds is 14. The largest absolute Gasteiger partial charge is 0.492 e. The van der Waals surface area contributed by atoms with Gasteiger partial charge in [-0.15, -0.1) is 0 Å². The number of ether oxygens (including phenoxy) is 2. The first-order valence-corrected chi connectivity index (χ1v) is 15.3. The van der Waals surface area contributed by atoms with Gasteiger partial charge >= 0.3 is 0 Å². The van der Waals surface area contributed by atoms with E-state index in [1.807, 2.05) is 18.2 Å². The molecule has 0 fully saturated rings. The number of hydrogen-bond acceptors (Lipinski definition) is 3. The van der Waals surface area contributed by atoms with Crippen molar-refractivity contribution in [2.75, 3.05) is 6.61 Å². The first kappa shape index (κ1) is 31.4. The van der Waals surface area contributed by atoms with Crippen molar-refractivity contribution in [2.45, 2.75) is 87.0 Å². The fourth-order valence-electron chi connectivity index (χ4n) is 5.22. The Kier molecular flexibility index (Phi) is 12.2. The molecular formula is C36H45O3P. The molecule has 3 nitrogen and oxygen atoms in total. The van der Waals surface area contributed by atoms with E-state index in [1.165, 1.54) is 44.5 Å². The van der Waals surface area contributed by atoms with Crippen LogP contribution >= 0.6 is 8.46 Å². The maximum atomic E-state index is 11.7. The van der Waals surface area contributed by atoms with Crippen molar-refractivity contribution in [3.8, 4) is 11.5 Å². The van der Waals surface area contributed by atoms with E-state index >= 15 is 0 Å². The predicted molar refractivity (Wildman–Crippen MR) is 171 cm³/mol. The highest BCUT2D eigenvalue weighted by Crippen LogP contribution is 2.27. The van der Waals surface area contributed by atoms with E-state index in [-0.39, 0.29) is 8.46 Å². The van der Waals surface area contributed by atoms with Crippen LogP contribution in [0.4, 0.5) is 0 Å². The Morgan fingerprint density at radius 3 is 2.02 bits per heavy atom. The first-order chi connectivity index (χ1) is 19.2. The summed E-state index contributed by atoms with van der Waals surface area (Å²) in [5.41, 5.74) is 10.2. The van der Waals surface area contributed by atoms with Crippen LogP contribution in [0.25, 0.3) is 12.2 Å². The molecule has 0 aliphatic carbocycles. The van der Waals surface area contributed by atoms with E-state index in [2.05, 4.69) is 91.0 Å². The number of benzene rings is 3. The van der Waals surface area contributed by atoms with Crippen molar-refractivity contribution >= 4 is 25.9 Å². The summed E-state index contributed by atoms with van der Waals surface area (Å²) in [6.07, 6.45) is 12.7. The fraction of sp³-hybridized carbons (Fsp3) is 0.389. The predicted octanol–water partition coefficient (Wildman–Crippen LogP) is 10.3. The first-order valence-electron chi connectivity index (χ1n) is 14.5. The molecule has 0 N–H and O–H groups in total. The SMILES string of the molecule is CCCCCOc1cc(OC(=Cc2c(C)cc(C)cc2C)CCCC=Cc2c(C)cc(C)cc2C)ccc1P=O. The Bertz CT molecular complexity index is 1320. The van der Waals surface area contributed by atoms with Gasteiger partial charge in [-0.1, -0.05) is 67.3 Å². The van der Waals surface area contributed by atoms with Gasteiger partial charge in [-0.2, -0.15) is 0 Å². The second-order valence-electron chi connectivity index (χ2n) is 10.9. The quantitative estimate of drug-likeness (QED) is 0.113. The van der Waals surface area contributed by atoms with Crippen LogP contribution in [0.15, 0.2) is 54.3 Å². The molecule has 3 aromatic carbocycles. The average molecular weight is 557 g/mol. The van der Waals surface area contributed by atoms with Gasteiger partial charge in [0.1, 0.15) is 17.3 Å². The Morgan fingerprint density at radius 1 is 0.800 bits per heavy atom. The third-order valence-electron chi connectivity index (χ3n) is 7.14. The summed E-state index contributed by atoms with van der Waals surface area (Å²) in [6.45, 7) is 15.7. The summed E-state index contributed by atoms with van der Waals surface area (Å²) in [5, 5.41) is 0.645. The molecule has 3 rings (SSSR count). The molecule has 4 heteroatoms. The monoisotopic (exact) mass is 556 g/mol. The van der Waals surface area contributed by atoms with Gasteiger partial charge in [-0.3, -0.25) is 4.57 Å². The van der Waals surface area contributed by atoms with Crippen LogP contribution in [0.3, 0.4) is 0 Å². The Labute approximate surface area is 243 Å². The molecule has 0 saturated heterocycles. The molecular weight excluding hydrogens is 511 g/mol. The summed E-state index contributed by atoms with van der Waals surface area (Å²) >= 11 is 0. The van der Waals surface area contributed by atoms with Gasteiger partial charge in [0.25, 0.3) is 0 Å². The smallest absolute Gasteiger partial charge is 0.196 e. The second kappa shape index (κ2) is 15.6. The third-order valence-corrected chi connectivity index (χ3v) is 7.71. The summed E-state index contributed by atoms with van der Waals surface area (Å²) < 4.78 is 24.2. The van der Waals surface area contributed by atoms with Gasteiger partial charge < -0.3 is 9.47 Å². The molecule has 40 heavy (non-hydrogen) atoms. The van der Waals surface area contributed by atoms with Crippen LogP contribution in [0.2, 0.25) is 0 Å². The minimum atomic E-state index is -0.0496. The molecule has 0 amide bonds. The molecule has 212 valence electrons. The van der Waals surface area contributed by atoms with Gasteiger partial charge in [0.2, 0.25) is 0 Å².